The van der Waals surface area contributed by atoms with Crippen LogP contribution in [-0.4, -0.2) is 62.3 Å². The monoisotopic (exact) mass is 333 g/mol. The first-order chi connectivity index (χ1) is 11.7. The summed E-state index contributed by atoms with van der Waals surface area (Å²) in [5.41, 5.74) is 0.826. The lowest BCUT2D eigenvalue weighted by molar-refractivity contribution is -0.117. The number of anilines is 1. The average molecular weight is 333 g/mol. The number of amides is 3. The van der Waals surface area contributed by atoms with Crippen LogP contribution in [0.15, 0.2) is 24.3 Å². The van der Waals surface area contributed by atoms with Gasteiger partial charge in [-0.2, -0.15) is 0 Å². The number of nitrogens with zero attached hydrogens (tertiary/aromatic N) is 2. The van der Waals surface area contributed by atoms with E-state index in [1.54, 1.807) is 9.80 Å². The quantitative estimate of drug-likeness (QED) is 0.900. The lowest BCUT2D eigenvalue weighted by Crippen LogP contribution is -2.49. The first kappa shape index (κ1) is 16.6. The van der Waals surface area contributed by atoms with Crippen molar-refractivity contribution in [3.8, 4) is 5.75 Å². The Morgan fingerprint density at radius 1 is 1.29 bits per heavy atom. The summed E-state index contributed by atoms with van der Waals surface area (Å²) in [6.07, 6.45) is 0.323. The van der Waals surface area contributed by atoms with Gasteiger partial charge in [-0.25, -0.2) is 4.79 Å². The van der Waals surface area contributed by atoms with Gasteiger partial charge in [-0.05, 0) is 31.2 Å². The van der Waals surface area contributed by atoms with Crippen molar-refractivity contribution < 1.29 is 19.1 Å². The van der Waals surface area contributed by atoms with E-state index < -0.39 is 0 Å². The molecular weight excluding hydrogens is 310 g/mol. The van der Waals surface area contributed by atoms with E-state index in [1.807, 2.05) is 31.2 Å². The van der Waals surface area contributed by atoms with E-state index in [9.17, 15) is 9.59 Å². The highest BCUT2D eigenvalue weighted by molar-refractivity contribution is 5.96. The van der Waals surface area contributed by atoms with E-state index in [2.05, 4.69) is 5.32 Å². The van der Waals surface area contributed by atoms with Crippen LogP contribution >= 0.6 is 0 Å². The molecule has 7 heteroatoms. The van der Waals surface area contributed by atoms with Crippen LogP contribution in [0.5, 0.6) is 5.75 Å². The summed E-state index contributed by atoms with van der Waals surface area (Å²) >= 11 is 0. The Morgan fingerprint density at radius 3 is 2.67 bits per heavy atom. The first-order valence-electron chi connectivity index (χ1n) is 8.34. The molecule has 2 heterocycles. The topological polar surface area (TPSA) is 71.1 Å². The number of carbonyl (C=O) groups excluding carboxylic acids is 2. The Morgan fingerprint density at radius 2 is 2.00 bits per heavy atom. The molecule has 1 aromatic carbocycles. The van der Waals surface area contributed by atoms with Gasteiger partial charge in [0, 0.05) is 31.7 Å². The van der Waals surface area contributed by atoms with E-state index in [0.717, 1.165) is 11.4 Å². The minimum absolute atomic E-state index is 0.0198. The maximum absolute atomic E-state index is 12.3. The molecule has 0 bridgehead atoms. The van der Waals surface area contributed by atoms with E-state index >= 15 is 0 Å². The predicted octanol–water partition coefficient (Wildman–Crippen LogP) is 1.23. The molecule has 1 atom stereocenters. The van der Waals surface area contributed by atoms with Gasteiger partial charge in [0.15, 0.2) is 0 Å². The van der Waals surface area contributed by atoms with Crippen LogP contribution in [0, 0.1) is 0 Å². The SMILES string of the molecule is CCOc1ccc(N2C[C@H](NC(=O)N3CCOCC3)CC2=O)cc1. The Balaban J connectivity index is 1.57. The van der Waals surface area contributed by atoms with E-state index in [0.29, 0.717) is 45.9 Å². The van der Waals surface area contributed by atoms with Gasteiger partial charge in [0.25, 0.3) is 0 Å². The summed E-state index contributed by atoms with van der Waals surface area (Å²) in [5, 5.41) is 2.95. The summed E-state index contributed by atoms with van der Waals surface area (Å²) < 4.78 is 10.7. The molecule has 0 aromatic heterocycles. The molecule has 0 aliphatic carbocycles. The molecule has 0 saturated carbocycles. The molecule has 2 aliphatic heterocycles. The van der Waals surface area contributed by atoms with Crippen molar-refractivity contribution in [1.29, 1.82) is 0 Å². The fourth-order valence-corrected chi connectivity index (χ4v) is 2.98. The number of hydrogen-bond acceptors (Lipinski definition) is 4. The lowest BCUT2D eigenvalue weighted by Gasteiger charge is -2.28. The van der Waals surface area contributed by atoms with Crippen molar-refractivity contribution in [2.75, 3.05) is 44.4 Å². The van der Waals surface area contributed by atoms with Crippen LogP contribution in [-0.2, 0) is 9.53 Å². The van der Waals surface area contributed by atoms with Gasteiger partial charge < -0.3 is 24.6 Å². The van der Waals surface area contributed by atoms with Gasteiger partial charge >= 0.3 is 6.03 Å². The zero-order valence-corrected chi connectivity index (χ0v) is 13.9. The predicted molar refractivity (Wildman–Crippen MR) is 89.3 cm³/mol. The number of benzene rings is 1. The van der Waals surface area contributed by atoms with Gasteiger partial charge in [-0.3, -0.25) is 4.79 Å². The fourth-order valence-electron chi connectivity index (χ4n) is 2.98. The molecule has 7 nitrogen and oxygen atoms in total. The molecule has 2 fully saturated rings. The smallest absolute Gasteiger partial charge is 0.317 e. The second kappa shape index (κ2) is 7.53. The maximum atomic E-state index is 12.3. The number of urea groups is 1. The highest BCUT2D eigenvalue weighted by atomic mass is 16.5. The molecule has 1 aromatic rings. The molecule has 0 spiro atoms. The molecule has 2 saturated heterocycles. The molecule has 24 heavy (non-hydrogen) atoms. The van der Waals surface area contributed by atoms with Gasteiger partial charge in [0.2, 0.25) is 5.91 Å². The van der Waals surface area contributed by atoms with Crippen molar-refractivity contribution in [1.82, 2.24) is 10.2 Å². The third kappa shape index (κ3) is 3.79. The Kier molecular flexibility index (Phi) is 5.20. The van der Waals surface area contributed by atoms with Crippen LogP contribution in [0.2, 0.25) is 0 Å². The number of hydrogen-bond donors (Lipinski definition) is 1. The standard InChI is InChI=1S/C17H23N3O4/c1-2-24-15-5-3-14(4-6-15)20-12-13(11-16(20)21)18-17(22)19-7-9-23-10-8-19/h3-6,13H,2,7-12H2,1H3,(H,18,22)/t13-/m1/s1. The minimum Gasteiger partial charge on any atom is -0.494 e. The van der Waals surface area contributed by atoms with E-state index in [-0.39, 0.29) is 18.0 Å². The largest absolute Gasteiger partial charge is 0.494 e. The number of nitrogens with one attached hydrogen (secondary N) is 1. The van der Waals surface area contributed by atoms with Gasteiger partial charge in [0.1, 0.15) is 5.75 Å². The highest BCUT2D eigenvalue weighted by Crippen LogP contribution is 2.24. The molecule has 130 valence electrons. The third-order valence-corrected chi connectivity index (χ3v) is 4.21. The summed E-state index contributed by atoms with van der Waals surface area (Å²) in [6, 6.07) is 7.16. The zero-order valence-electron chi connectivity index (χ0n) is 13.9. The zero-order chi connectivity index (χ0) is 16.9. The normalized spacial score (nSPS) is 21.0. The summed E-state index contributed by atoms with van der Waals surface area (Å²) in [5.74, 6) is 0.802. The van der Waals surface area contributed by atoms with Crippen LogP contribution < -0.4 is 15.0 Å². The van der Waals surface area contributed by atoms with Crippen LogP contribution in [0.1, 0.15) is 13.3 Å². The molecule has 1 N–H and O–H groups in total. The second-order valence-corrected chi connectivity index (χ2v) is 5.88. The molecule has 0 radical (unpaired) electrons. The number of carbonyl (C=O) groups is 2. The Labute approximate surface area is 141 Å². The molecule has 2 aliphatic rings. The van der Waals surface area contributed by atoms with Crippen molar-refractivity contribution in [3.63, 3.8) is 0 Å². The molecule has 0 unspecified atom stereocenters. The summed E-state index contributed by atoms with van der Waals surface area (Å²) in [6.45, 7) is 5.34. The van der Waals surface area contributed by atoms with Gasteiger partial charge in [-0.15, -0.1) is 0 Å². The maximum Gasteiger partial charge on any atom is 0.317 e. The number of rotatable bonds is 4. The van der Waals surface area contributed by atoms with Crippen molar-refractivity contribution in [2.24, 2.45) is 0 Å². The van der Waals surface area contributed by atoms with Gasteiger partial charge in [-0.1, -0.05) is 0 Å². The van der Waals surface area contributed by atoms with E-state index in [1.165, 1.54) is 0 Å². The lowest BCUT2D eigenvalue weighted by atomic mass is 10.2. The van der Waals surface area contributed by atoms with Crippen molar-refractivity contribution >= 4 is 17.6 Å². The molecule has 3 rings (SSSR count). The summed E-state index contributed by atoms with van der Waals surface area (Å²) in [7, 11) is 0. The molecular formula is C17H23N3O4. The average Bonchev–Trinajstić information content (AvgIpc) is 2.97. The summed E-state index contributed by atoms with van der Waals surface area (Å²) in [4.78, 5) is 27.9. The van der Waals surface area contributed by atoms with Crippen LogP contribution in [0.4, 0.5) is 10.5 Å². The van der Waals surface area contributed by atoms with Crippen molar-refractivity contribution in [2.45, 2.75) is 19.4 Å². The first-order valence-corrected chi connectivity index (χ1v) is 8.34. The Bertz CT molecular complexity index is 584. The minimum atomic E-state index is -0.167. The van der Waals surface area contributed by atoms with Crippen LogP contribution in [0.25, 0.3) is 0 Å². The Hall–Kier alpha value is -2.28. The van der Waals surface area contributed by atoms with Crippen LogP contribution in [0.3, 0.4) is 0 Å². The molecule has 3 amide bonds. The number of morpholine rings is 1. The second-order valence-electron chi connectivity index (χ2n) is 5.88. The third-order valence-electron chi connectivity index (χ3n) is 4.21. The van der Waals surface area contributed by atoms with Gasteiger partial charge in [0.05, 0.1) is 25.9 Å². The highest BCUT2D eigenvalue weighted by Gasteiger charge is 2.32. The fraction of sp³-hybridized carbons (Fsp3) is 0.529. The van der Waals surface area contributed by atoms with Crippen molar-refractivity contribution in [3.05, 3.63) is 24.3 Å². The van der Waals surface area contributed by atoms with E-state index in [4.69, 9.17) is 9.47 Å². The number of ether oxygens (including phenoxy) is 2.